The van der Waals surface area contributed by atoms with Crippen LogP contribution >= 0.6 is 11.3 Å². The highest BCUT2D eigenvalue weighted by Gasteiger charge is 2.65. The van der Waals surface area contributed by atoms with E-state index in [2.05, 4.69) is 36.1 Å². The van der Waals surface area contributed by atoms with Crippen LogP contribution in [0.1, 0.15) is 78.6 Å². The minimum absolute atomic E-state index is 0.0288. The van der Waals surface area contributed by atoms with Gasteiger partial charge in [-0.1, -0.05) is 26.8 Å². The number of rotatable bonds is 6. The number of aliphatic hydroxyl groups excluding tert-OH is 3. The van der Waals surface area contributed by atoms with E-state index in [0.29, 0.717) is 41.1 Å². The summed E-state index contributed by atoms with van der Waals surface area (Å²) in [6, 6.07) is 5.70. The lowest BCUT2D eigenvalue weighted by molar-refractivity contribution is -0.207. The predicted molar refractivity (Wildman–Crippen MR) is 156 cm³/mol. The summed E-state index contributed by atoms with van der Waals surface area (Å²) >= 11 is 1.41. The van der Waals surface area contributed by atoms with Gasteiger partial charge in [0.15, 0.2) is 5.13 Å². The van der Waals surface area contributed by atoms with E-state index >= 15 is 0 Å². The zero-order chi connectivity index (χ0) is 28.2. The number of amides is 1. The third-order valence-electron chi connectivity index (χ3n) is 12.0. The second kappa shape index (κ2) is 10.8. The first-order chi connectivity index (χ1) is 19.1. The van der Waals surface area contributed by atoms with E-state index in [0.717, 1.165) is 62.8 Å². The zero-order valence-corrected chi connectivity index (χ0v) is 24.8. The van der Waals surface area contributed by atoms with Gasteiger partial charge in [0, 0.05) is 18.0 Å². The third kappa shape index (κ3) is 4.73. The number of pyridine rings is 1. The van der Waals surface area contributed by atoms with Gasteiger partial charge in [0.1, 0.15) is 5.69 Å². The Morgan fingerprint density at radius 3 is 2.70 bits per heavy atom. The van der Waals surface area contributed by atoms with Crippen molar-refractivity contribution in [2.24, 2.45) is 46.3 Å². The van der Waals surface area contributed by atoms with Crippen LogP contribution in [0.4, 0.5) is 5.13 Å². The van der Waals surface area contributed by atoms with E-state index < -0.39 is 6.10 Å². The van der Waals surface area contributed by atoms with Gasteiger partial charge in [-0.25, -0.2) is 4.98 Å². The number of anilines is 1. The summed E-state index contributed by atoms with van der Waals surface area (Å²) in [5, 5.41) is 39.1. The lowest BCUT2D eigenvalue weighted by Crippen LogP contribution is -2.62. The average Bonchev–Trinajstić information content (AvgIpc) is 3.54. The number of nitrogens with zero attached hydrogens (tertiary/aromatic N) is 2. The van der Waals surface area contributed by atoms with E-state index in [-0.39, 0.29) is 34.9 Å². The van der Waals surface area contributed by atoms with E-state index in [1.165, 1.54) is 11.3 Å². The van der Waals surface area contributed by atoms with Crippen molar-refractivity contribution in [2.75, 3.05) is 5.32 Å². The molecule has 4 aliphatic rings. The van der Waals surface area contributed by atoms with Crippen LogP contribution in [0.3, 0.4) is 0 Å². The summed E-state index contributed by atoms with van der Waals surface area (Å²) in [6.45, 7) is 6.88. The summed E-state index contributed by atoms with van der Waals surface area (Å²) in [4.78, 5) is 21.7. The van der Waals surface area contributed by atoms with Crippen LogP contribution in [0, 0.1) is 46.3 Å². The molecule has 8 heteroatoms. The summed E-state index contributed by atoms with van der Waals surface area (Å²) < 4.78 is 0. The maximum atomic E-state index is 12.9. The molecule has 2 heterocycles. The second-order valence-electron chi connectivity index (χ2n) is 13.8. The normalized spacial score (nSPS) is 41.5. The van der Waals surface area contributed by atoms with Gasteiger partial charge in [-0.05, 0) is 110 Å². The number of carbonyl (C=O) groups excluding carboxylic acids is 1. The smallest absolute Gasteiger partial charge is 0.226 e. The van der Waals surface area contributed by atoms with Crippen LogP contribution in [-0.4, -0.2) is 49.5 Å². The minimum Gasteiger partial charge on any atom is -0.393 e. The molecule has 2 aromatic heterocycles. The Bertz CT molecular complexity index is 1210. The van der Waals surface area contributed by atoms with E-state index in [1.807, 2.05) is 23.6 Å². The van der Waals surface area contributed by atoms with Gasteiger partial charge in [0.05, 0.1) is 24.0 Å². The van der Waals surface area contributed by atoms with E-state index in [9.17, 15) is 20.1 Å². The van der Waals surface area contributed by atoms with Gasteiger partial charge in [0.25, 0.3) is 0 Å². The Kier molecular flexibility index (Phi) is 7.60. The number of aliphatic hydroxyl groups is 3. The fraction of sp³-hybridized carbons (Fsp3) is 0.719. The maximum absolute atomic E-state index is 12.9. The van der Waals surface area contributed by atoms with Crippen molar-refractivity contribution in [3.8, 4) is 11.4 Å². The van der Waals surface area contributed by atoms with Crippen LogP contribution in [0.25, 0.3) is 11.4 Å². The van der Waals surface area contributed by atoms with Crippen LogP contribution in [0.2, 0.25) is 0 Å². The Morgan fingerprint density at radius 2 is 1.93 bits per heavy atom. The highest BCUT2D eigenvalue weighted by atomic mass is 32.1. The molecule has 4 aliphatic carbocycles. The molecule has 4 N–H and O–H groups in total. The fourth-order valence-corrected chi connectivity index (χ4v) is 10.6. The number of nitrogens with one attached hydrogen (secondary N) is 1. The lowest BCUT2D eigenvalue weighted by atomic mass is 9.43. The van der Waals surface area contributed by atoms with Crippen LogP contribution in [0.15, 0.2) is 29.8 Å². The Labute approximate surface area is 241 Å². The average molecular weight is 568 g/mol. The van der Waals surface area contributed by atoms with E-state index in [1.54, 1.807) is 6.20 Å². The molecule has 6 rings (SSSR count). The van der Waals surface area contributed by atoms with Crippen LogP contribution in [-0.2, 0) is 4.79 Å². The van der Waals surface area contributed by atoms with Gasteiger partial charge in [-0.15, -0.1) is 11.3 Å². The molecule has 0 aliphatic heterocycles. The van der Waals surface area contributed by atoms with Gasteiger partial charge >= 0.3 is 0 Å². The first-order valence-corrected chi connectivity index (χ1v) is 16.2. The molecule has 0 spiro atoms. The molecule has 0 bridgehead atoms. The van der Waals surface area contributed by atoms with Crippen molar-refractivity contribution in [3.05, 3.63) is 29.8 Å². The molecule has 7 nitrogen and oxygen atoms in total. The molecule has 11 atom stereocenters. The van der Waals surface area contributed by atoms with Crippen LogP contribution < -0.4 is 5.32 Å². The molecule has 2 aromatic rings. The van der Waals surface area contributed by atoms with Crippen molar-refractivity contribution in [1.29, 1.82) is 0 Å². The Hall–Kier alpha value is -1.87. The predicted octanol–water partition coefficient (Wildman–Crippen LogP) is 5.52. The maximum Gasteiger partial charge on any atom is 0.226 e. The molecule has 4 fully saturated rings. The number of thiazole rings is 1. The molecule has 40 heavy (non-hydrogen) atoms. The molecule has 218 valence electrons. The molecule has 0 aromatic carbocycles. The quantitative estimate of drug-likeness (QED) is 0.365. The van der Waals surface area contributed by atoms with Crippen LogP contribution in [0.5, 0.6) is 0 Å². The number of hydrogen-bond donors (Lipinski definition) is 4. The molecule has 11 unspecified atom stereocenters. The largest absolute Gasteiger partial charge is 0.393 e. The second-order valence-corrected chi connectivity index (χ2v) is 14.7. The SMILES string of the molecule is CC(CCC(=O)Nc1nc(-c2ccccn2)cs1)C1CCC2C3C(O)CC4CC(O)CCC4(C)C3CC(O)C12C. The van der Waals surface area contributed by atoms with Crippen molar-refractivity contribution < 1.29 is 20.1 Å². The van der Waals surface area contributed by atoms with Gasteiger partial charge < -0.3 is 20.6 Å². The van der Waals surface area contributed by atoms with Gasteiger partial charge in [0.2, 0.25) is 5.91 Å². The summed E-state index contributed by atoms with van der Waals surface area (Å²) in [7, 11) is 0. The van der Waals surface area contributed by atoms with Crippen molar-refractivity contribution in [1.82, 2.24) is 9.97 Å². The number of carbonyl (C=O) groups is 1. The number of hydrogen-bond acceptors (Lipinski definition) is 7. The van der Waals surface area contributed by atoms with E-state index in [4.69, 9.17) is 0 Å². The standard InChI is InChI=1S/C32H45N3O4S/c1-18(7-10-28(39)35-30-34-25(17-40-30)24-6-4-5-13-33-24)21-8-9-22-29-23(16-27(38)32(21,22)3)31(2)12-11-20(36)14-19(31)15-26(29)37/h4-6,13,17-23,26-27,29,36-38H,7-12,14-16H2,1-3H3,(H,34,35,39). The van der Waals surface area contributed by atoms with Gasteiger partial charge in [-0.3, -0.25) is 9.78 Å². The van der Waals surface area contributed by atoms with Crippen molar-refractivity contribution in [2.45, 2.75) is 96.9 Å². The zero-order valence-electron chi connectivity index (χ0n) is 24.0. The molecule has 4 saturated carbocycles. The first kappa shape index (κ1) is 28.3. The summed E-state index contributed by atoms with van der Waals surface area (Å²) in [5.41, 5.74) is 1.39. The highest BCUT2D eigenvalue weighted by molar-refractivity contribution is 7.14. The van der Waals surface area contributed by atoms with Crippen molar-refractivity contribution in [3.63, 3.8) is 0 Å². The molecule has 1 amide bonds. The molecule has 0 saturated heterocycles. The summed E-state index contributed by atoms with van der Waals surface area (Å²) in [5.74, 6) is 1.72. The third-order valence-corrected chi connectivity index (χ3v) is 12.8. The lowest BCUT2D eigenvalue weighted by Gasteiger charge is -2.63. The van der Waals surface area contributed by atoms with Crippen molar-refractivity contribution >= 4 is 22.4 Å². The Morgan fingerprint density at radius 1 is 1.10 bits per heavy atom. The summed E-state index contributed by atoms with van der Waals surface area (Å²) in [6.07, 6.45) is 8.08. The fourth-order valence-electron chi connectivity index (χ4n) is 9.84. The molecule has 0 radical (unpaired) electrons. The van der Waals surface area contributed by atoms with Gasteiger partial charge in [-0.2, -0.15) is 0 Å². The number of aromatic nitrogens is 2. The monoisotopic (exact) mass is 567 g/mol. The first-order valence-electron chi connectivity index (χ1n) is 15.3. The molecular weight excluding hydrogens is 522 g/mol. The molecular formula is C32H45N3O4S. The topological polar surface area (TPSA) is 116 Å². The number of fused-ring (bicyclic) bond motifs is 5. The minimum atomic E-state index is -0.405. The Balaban J connectivity index is 1.10. The highest BCUT2D eigenvalue weighted by Crippen LogP contribution is 2.68.